The zero-order valence-corrected chi connectivity index (χ0v) is 23.2. The molecule has 3 aliphatic rings. The summed E-state index contributed by atoms with van der Waals surface area (Å²) in [7, 11) is -3.21. The number of Topliss-reactive ketones (excluding diaryl/α,β-unsaturated/α-hetero) is 2. The highest BCUT2D eigenvalue weighted by Crippen LogP contribution is 2.31. The number of nitrogens with zero attached hydrogens (tertiary/aromatic N) is 3. The lowest BCUT2D eigenvalue weighted by atomic mass is 9.92. The maximum atomic E-state index is 15.1. The molecule has 0 N–H and O–H groups in total. The number of aryl methyl sites for hydroxylation is 2. The molecule has 0 spiro atoms. The van der Waals surface area contributed by atoms with Gasteiger partial charge in [0, 0.05) is 39.1 Å². The van der Waals surface area contributed by atoms with Gasteiger partial charge in [-0.3, -0.25) is 29.0 Å². The van der Waals surface area contributed by atoms with Gasteiger partial charge in [-0.25, -0.2) is 12.8 Å². The third-order valence-corrected chi connectivity index (χ3v) is 9.94. The van der Waals surface area contributed by atoms with Crippen molar-refractivity contribution in [3.63, 3.8) is 0 Å². The fraction of sp³-hybridized carbons (Fsp3) is 0.448. The Kier molecular flexibility index (Phi) is 7.98. The van der Waals surface area contributed by atoms with Crippen LogP contribution in [0, 0.1) is 5.82 Å². The summed E-state index contributed by atoms with van der Waals surface area (Å²) in [6, 6.07) is 9.13. The average molecular weight is 570 g/mol. The molecule has 1 unspecified atom stereocenters. The number of imide groups is 1. The topological polar surface area (TPSA) is 112 Å². The SMILES string of the molecule is CCS(=O)(=O)N1CCN(Cc2ccc(CCc3cccc4c3C(=O)N(C3CCC(=O)CC3=O)C4=O)c(F)c2)CC1. The van der Waals surface area contributed by atoms with E-state index in [4.69, 9.17) is 0 Å². The minimum absolute atomic E-state index is 0.0799. The van der Waals surface area contributed by atoms with E-state index in [0.717, 1.165) is 10.5 Å². The summed E-state index contributed by atoms with van der Waals surface area (Å²) in [5.41, 5.74) is 2.37. The first-order valence-electron chi connectivity index (χ1n) is 13.6. The maximum Gasteiger partial charge on any atom is 0.262 e. The molecule has 1 saturated heterocycles. The molecule has 2 aromatic rings. The summed E-state index contributed by atoms with van der Waals surface area (Å²) in [5, 5.41) is 0. The van der Waals surface area contributed by atoms with Crippen molar-refractivity contribution in [1.82, 2.24) is 14.1 Å². The number of benzene rings is 2. The van der Waals surface area contributed by atoms with Crippen LogP contribution in [0.3, 0.4) is 0 Å². The highest BCUT2D eigenvalue weighted by molar-refractivity contribution is 7.89. The van der Waals surface area contributed by atoms with Crippen molar-refractivity contribution in [3.8, 4) is 0 Å². The van der Waals surface area contributed by atoms with Crippen molar-refractivity contribution in [2.75, 3.05) is 31.9 Å². The maximum absolute atomic E-state index is 15.1. The van der Waals surface area contributed by atoms with Gasteiger partial charge >= 0.3 is 0 Å². The Hall–Kier alpha value is -3.28. The Morgan fingerprint density at radius 3 is 2.33 bits per heavy atom. The molecule has 2 aromatic carbocycles. The molecule has 2 aliphatic heterocycles. The third-order valence-electron chi connectivity index (χ3n) is 8.06. The number of rotatable bonds is 8. The number of ketones is 2. The average Bonchev–Trinajstić information content (AvgIpc) is 3.18. The normalized spacial score (nSPS) is 20.9. The standard InChI is InChI=1S/C29H32FN3O6S/c1-2-40(38,39)32-14-12-31(13-15-32)18-19-6-7-20(24(30)16-19)8-9-21-4-3-5-23-27(21)29(37)33(28(23)36)25-11-10-22(34)17-26(25)35/h3-7,16,25H,2,8-15,17-18H2,1H3. The van der Waals surface area contributed by atoms with Crippen molar-refractivity contribution in [1.29, 1.82) is 0 Å². The smallest absolute Gasteiger partial charge is 0.262 e. The second-order valence-corrected chi connectivity index (χ2v) is 12.8. The van der Waals surface area contributed by atoms with E-state index >= 15 is 4.39 Å². The van der Waals surface area contributed by atoms with E-state index in [9.17, 15) is 27.6 Å². The van der Waals surface area contributed by atoms with Gasteiger partial charge in [-0.2, -0.15) is 4.31 Å². The van der Waals surface area contributed by atoms with Crippen LogP contribution in [-0.4, -0.2) is 83.9 Å². The fourth-order valence-corrected chi connectivity index (χ4v) is 6.85. The minimum Gasteiger partial charge on any atom is -0.299 e. The van der Waals surface area contributed by atoms with E-state index in [-0.39, 0.29) is 47.7 Å². The van der Waals surface area contributed by atoms with Gasteiger partial charge in [0.2, 0.25) is 10.0 Å². The first-order valence-corrected chi connectivity index (χ1v) is 15.2. The van der Waals surface area contributed by atoms with Crippen LogP contribution in [0.1, 0.15) is 63.6 Å². The molecule has 0 radical (unpaired) electrons. The summed E-state index contributed by atoms with van der Waals surface area (Å²) < 4.78 is 40.7. The minimum atomic E-state index is -3.21. The van der Waals surface area contributed by atoms with Crippen molar-refractivity contribution >= 4 is 33.4 Å². The molecule has 40 heavy (non-hydrogen) atoms. The number of halogens is 1. The largest absolute Gasteiger partial charge is 0.299 e. The molecule has 1 aliphatic carbocycles. The summed E-state index contributed by atoms with van der Waals surface area (Å²) >= 11 is 0. The molecule has 9 nitrogen and oxygen atoms in total. The van der Waals surface area contributed by atoms with Gasteiger partial charge in [-0.1, -0.05) is 24.3 Å². The number of sulfonamides is 1. The van der Waals surface area contributed by atoms with Crippen LogP contribution in [0.4, 0.5) is 4.39 Å². The molecular weight excluding hydrogens is 537 g/mol. The highest BCUT2D eigenvalue weighted by atomic mass is 32.2. The Morgan fingerprint density at radius 1 is 0.925 bits per heavy atom. The molecule has 5 rings (SSSR count). The van der Waals surface area contributed by atoms with Crippen molar-refractivity contribution in [3.05, 3.63) is 70.0 Å². The Bertz CT molecular complexity index is 1480. The Morgan fingerprint density at radius 2 is 1.65 bits per heavy atom. The summed E-state index contributed by atoms with van der Waals surface area (Å²) in [5.74, 6) is -1.95. The summed E-state index contributed by atoms with van der Waals surface area (Å²) in [6.07, 6.45) is 0.676. The molecule has 212 valence electrons. The number of piperazine rings is 1. The van der Waals surface area contributed by atoms with E-state index in [0.29, 0.717) is 56.7 Å². The zero-order chi connectivity index (χ0) is 28.6. The number of carbonyl (C=O) groups is 4. The predicted octanol–water partition coefficient (Wildman–Crippen LogP) is 2.36. The van der Waals surface area contributed by atoms with Crippen molar-refractivity contribution < 1.29 is 32.0 Å². The van der Waals surface area contributed by atoms with Gasteiger partial charge < -0.3 is 0 Å². The zero-order valence-electron chi connectivity index (χ0n) is 22.4. The molecule has 11 heteroatoms. The summed E-state index contributed by atoms with van der Waals surface area (Å²) in [6.45, 7) is 4.14. The first-order chi connectivity index (χ1) is 19.1. The lowest BCUT2D eigenvalue weighted by Gasteiger charge is -2.33. The van der Waals surface area contributed by atoms with E-state index in [1.165, 1.54) is 10.4 Å². The van der Waals surface area contributed by atoms with Crippen LogP contribution < -0.4 is 0 Å². The van der Waals surface area contributed by atoms with Crippen LogP contribution in [0.25, 0.3) is 0 Å². The number of hydrogen-bond acceptors (Lipinski definition) is 7. The number of hydrogen-bond donors (Lipinski definition) is 0. The van der Waals surface area contributed by atoms with Gasteiger partial charge in [0.1, 0.15) is 11.6 Å². The van der Waals surface area contributed by atoms with Gasteiger partial charge in [0.15, 0.2) is 5.78 Å². The van der Waals surface area contributed by atoms with E-state index in [1.54, 1.807) is 31.2 Å². The molecular formula is C29H32FN3O6S. The van der Waals surface area contributed by atoms with Crippen LogP contribution in [0.15, 0.2) is 36.4 Å². The molecule has 2 amide bonds. The number of amides is 2. The molecule has 0 bridgehead atoms. The molecule has 2 fully saturated rings. The monoisotopic (exact) mass is 569 g/mol. The van der Waals surface area contributed by atoms with Gasteiger partial charge in [-0.15, -0.1) is 0 Å². The van der Waals surface area contributed by atoms with Crippen LogP contribution in [-0.2, 0) is 39.0 Å². The van der Waals surface area contributed by atoms with Crippen LogP contribution in [0.2, 0.25) is 0 Å². The van der Waals surface area contributed by atoms with E-state index in [2.05, 4.69) is 4.90 Å². The van der Waals surface area contributed by atoms with Gasteiger partial charge in [-0.05, 0) is 55.0 Å². The molecule has 1 saturated carbocycles. The predicted molar refractivity (Wildman–Crippen MR) is 145 cm³/mol. The third kappa shape index (κ3) is 5.50. The van der Waals surface area contributed by atoms with Gasteiger partial charge in [0.05, 0.1) is 29.3 Å². The Labute approximate surface area is 233 Å². The van der Waals surface area contributed by atoms with Gasteiger partial charge in [0.25, 0.3) is 11.8 Å². The van der Waals surface area contributed by atoms with E-state index < -0.39 is 33.7 Å². The quantitative estimate of drug-likeness (QED) is 0.354. The first kappa shape index (κ1) is 28.3. The Balaban J connectivity index is 1.23. The number of fused-ring (bicyclic) bond motifs is 1. The fourth-order valence-electron chi connectivity index (χ4n) is 5.76. The van der Waals surface area contributed by atoms with Crippen LogP contribution >= 0.6 is 0 Å². The second kappa shape index (κ2) is 11.3. The molecule has 1 atom stereocenters. The summed E-state index contributed by atoms with van der Waals surface area (Å²) in [4.78, 5) is 53.6. The number of carbonyl (C=O) groups excluding carboxylic acids is 4. The van der Waals surface area contributed by atoms with Crippen molar-refractivity contribution in [2.45, 2.75) is 51.6 Å². The highest BCUT2D eigenvalue weighted by Gasteiger charge is 2.45. The van der Waals surface area contributed by atoms with Crippen molar-refractivity contribution in [2.24, 2.45) is 0 Å². The second-order valence-electron chi connectivity index (χ2n) is 10.6. The molecule has 2 heterocycles. The van der Waals surface area contributed by atoms with E-state index in [1.807, 2.05) is 6.07 Å². The lowest BCUT2D eigenvalue weighted by molar-refractivity contribution is -0.132. The van der Waals surface area contributed by atoms with Crippen LogP contribution in [0.5, 0.6) is 0 Å². The lowest BCUT2D eigenvalue weighted by Crippen LogP contribution is -2.48. The molecule has 0 aromatic heterocycles.